The Morgan fingerprint density at radius 1 is 1.25 bits per heavy atom. The van der Waals surface area contributed by atoms with Crippen LogP contribution in [0.3, 0.4) is 0 Å². The average molecular weight is 480 g/mol. The number of halogens is 3. The molecule has 1 aromatic rings. The molecule has 0 bridgehead atoms. The van der Waals surface area contributed by atoms with E-state index in [1.807, 2.05) is 0 Å². The number of hydrogen-bond donors (Lipinski definition) is 3. The molecule has 2 heterocycles. The predicted octanol–water partition coefficient (Wildman–Crippen LogP) is 2.90. The summed E-state index contributed by atoms with van der Waals surface area (Å²) in [6.07, 6.45) is -0.795. The van der Waals surface area contributed by atoms with Crippen LogP contribution in [0.5, 0.6) is 0 Å². The van der Waals surface area contributed by atoms with Crippen LogP contribution in [0.1, 0.15) is 64.9 Å². The van der Waals surface area contributed by atoms with Crippen molar-refractivity contribution in [2.45, 2.75) is 88.4 Å². The lowest BCUT2D eigenvalue weighted by Gasteiger charge is -2.38. The molecule has 12 heteroatoms. The zero-order valence-corrected chi connectivity index (χ0v) is 19.4. The van der Waals surface area contributed by atoms with Crippen LogP contribution in [-0.2, 0) is 16.2 Å². The number of aliphatic hydroxyl groups is 1. The minimum absolute atomic E-state index is 0.0539. The Morgan fingerprint density at radius 2 is 1.91 bits per heavy atom. The zero-order chi connectivity index (χ0) is 23.7. The number of sulfonamides is 1. The standard InChI is InChI=1S/C20H32F3N5O3S/c1-13(2)27-32(30,31)15-7-5-14(6-8-15)25-18-24-11-16(20(21,22)23)17(26-18)28-10-4-9-19(3,29)12-28/h11,13-15,27,29H,4-10,12H2,1-3H3,(H,24,25,26)/t14?,15?,19-/m0/s1. The molecule has 8 nitrogen and oxygen atoms in total. The molecule has 0 aromatic carbocycles. The molecule has 2 fully saturated rings. The van der Waals surface area contributed by atoms with Crippen molar-refractivity contribution < 1.29 is 26.7 Å². The Labute approximate surface area is 187 Å². The smallest absolute Gasteiger partial charge is 0.388 e. The summed E-state index contributed by atoms with van der Waals surface area (Å²) in [5.74, 6) is -0.169. The second-order valence-electron chi connectivity index (χ2n) is 9.39. The van der Waals surface area contributed by atoms with Crippen LogP contribution in [0.4, 0.5) is 24.9 Å². The van der Waals surface area contributed by atoms with Gasteiger partial charge >= 0.3 is 6.18 Å². The van der Waals surface area contributed by atoms with Crippen molar-refractivity contribution in [1.29, 1.82) is 0 Å². The molecule has 0 spiro atoms. The van der Waals surface area contributed by atoms with Crippen molar-refractivity contribution in [1.82, 2.24) is 14.7 Å². The topological polar surface area (TPSA) is 107 Å². The normalized spacial score (nSPS) is 27.6. The van der Waals surface area contributed by atoms with Crippen molar-refractivity contribution >= 4 is 21.8 Å². The summed E-state index contributed by atoms with van der Waals surface area (Å²) in [4.78, 5) is 9.51. The van der Waals surface area contributed by atoms with Crippen LogP contribution in [0, 0.1) is 0 Å². The van der Waals surface area contributed by atoms with Crippen LogP contribution in [0.25, 0.3) is 0 Å². The highest BCUT2D eigenvalue weighted by atomic mass is 32.2. The van der Waals surface area contributed by atoms with Gasteiger partial charge in [0.15, 0.2) is 0 Å². The van der Waals surface area contributed by atoms with Crippen LogP contribution in [-0.4, -0.2) is 59.5 Å². The first kappa shape index (κ1) is 25.0. The summed E-state index contributed by atoms with van der Waals surface area (Å²) in [6, 6.07) is -0.306. The Morgan fingerprint density at radius 3 is 2.47 bits per heavy atom. The van der Waals surface area contributed by atoms with Gasteiger partial charge in [0.2, 0.25) is 16.0 Å². The molecule has 3 rings (SSSR count). The van der Waals surface area contributed by atoms with Gasteiger partial charge in [-0.15, -0.1) is 0 Å². The molecule has 1 aliphatic heterocycles. The third-order valence-corrected chi connectivity index (χ3v) is 8.04. The minimum atomic E-state index is -4.62. The number of alkyl halides is 3. The third-order valence-electron chi connectivity index (χ3n) is 5.89. The number of rotatable bonds is 6. The fraction of sp³-hybridized carbons (Fsp3) is 0.800. The van der Waals surface area contributed by atoms with E-state index in [4.69, 9.17) is 0 Å². The monoisotopic (exact) mass is 479 g/mol. The van der Waals surface area contributed by atoms with E-state index < -0.39 is 32.6 Å². The van der Waals surface area contributed by atoms with Gasteiger partial charge in [0.1, 0.15) is 11.4 Å². The van der Waals surface area contributed by atoms with E-state index in [-0.39, 0.29) is 30.4 Å². The highest BCUT2D eigenvalue weighted by Gasteiger charge is 2.39. The van der Waals surface area contributed by atoms with Gasteiger partial charge in [-0.3, -0.25) is 0 Å². The average Bonchev–Trinajstić information content (AvgIpc) is 2.66. The molecule has 1 atom stereocenters. The highest BCUT2D eigenvalue weighted by Crippen LogP contribution is 2.37. The molecule has 3 N–H and O–H groups in total. The van der Waals surface area contributed by atoms with Gasteiger partial charge in [-0.2, -0.15) is 18.2 Å². The molecule has 0 radical (unpaired) electrons. The van der Waals surface area contributed by atoms with Gasteiger partial charge in [-0.25, -0.2) is 18.1 Å². The second-order valence-corrected chi connectivity index (χ2v) is 11.4. The lowest BCUT2D eigenvalue weighted by molar-refractivity contribution is -0.137. The largest absolute Gasteiger partial charge is 0.421 e. The van der Waals surface area contributed by atoms with E-state index in [2.05, 4.69) is 20.0 Å². The summed E-state index contributed by atoms with van der Waals surface area (Å²) < 4.78 is 68.1. The number of nitrogens with zero attached hydrogens (tertiary/aromatic N) is 3. The summed E-state index contributed by atoms with van der Waals surface area (Å²) in [6.45, 7) is 5.56. The Hall–Kier alpha value is -1.66. The first-order valence-corrected chi connectivity index (χ1v) is 12.5. The third kappa shape index (κ3) is 6.22. The number of β-amino-alcohol motifs (C(OH)–C–C–N with tert-alkyl or cyclic N) is 1. The maximum atomic E-state index is 13.6. The van der Waals surface area contributed by atoms with Crippen LogP contribution in [0.15, 0.2) is 6.20 Å². The summed E-state index contributed by atoms with van der Waals surface area (Å²) >= 11 is 0. The Bertz CT molecular complexity index is 900. The Balaban J connectivity index is 1.73. The molecular weight excluding hydrogens is 447 g/mol. The van der Waals surface area contributed by atoms with Gasteiger partial charge in [0.05, 0.1) is 10.9 Å². The summed E-state index contributed by atoms with van der Waals surface area (Å²) in [7, 11) is -3.40. The fourth-order valence-electron chi connectivity index (χ4n) is 4.41. The SMILES string of the molecule is CC(C)NS(=O)(=O)C1CCC(Nc2ncc(C(F)(F)F)c(N3CCC[C@](C)(O)C3)n2)CC1. The van der Waals surface area contributed by atoms with Crippen molar-refractivity contribution in [3.05, 3.63) is 11.8 Å². The fourth-order valence-corrected chi connectivity index (χ4v) is 6.15. The van der Waals surface area contributed by atoms with Crippen molar-refractivity contribution in [3.8, 4) is 0 Å². The molecule has 0 amide bonds. The quantitative estimate of drug-likeness (QED) is 0.576. The van der Waals surface area contributed by atoms with E-state index in [0.717, 1.165) is 6.20 Å². The minimum Gasteiger partial charge on any atom is -0.388 e. The number of anilines is 2. The molecular formula is C20H32F3N5O3S. The number of hydrogen-bond acceptors (Lipinski definition) is 7. The molecule has 1 saturated heterocycles. The number of aromatic nitrogens is 2. The first-order chi connectivity index (χ1) is 14.8. The second kappa shape index (κ2) is 9.30. The first-order valence-electron chi connectivity index (χ1n) is 11.0. The van der Waals surface area contributed by atoms with E-state index in [1.54, 1.807) is 20.8 Å². The van der Waals surface area contributed by atoms with Gasteiger partial charge < -0.3 is 15.3 Å². The van der Waals surface area contributed by atoms with Gasteiger partial charge in [-0.1, -0.05) is 0 Å². The lowest BCUT2D eigenvalue weighted by Crippen LogP contribution is -2.47. The number of piperidine rings is 1. The van der Waals surface area contributed by atoms with Gasteiger partial charge in [-0.05, 0) is 59.3 Å². The predicted molar refractivity (Wildman–Crippen MR) is 116 cm³/mol. The van der Waals surface area contributed by atoms with E-state index >= 15 is 0 Å². The molecule has 1 aliphatic carbocycles. The molecule has 1 aromatic heterocycles. The van der Waals surface area contributed by atoms with Crippen molar-refractivity contribution in [2.24, 2.45) is 0 Å². The van der Waals surface area contributed by atoms with Gasteiger partial charge in [0.25, 0.3) is 0 Å². The van der Waals surface area contributed by atoms with E-state index in [9.17, 15) is 26.7 Å². The lowest BCUT2D eigenvalue weighted by atomic mass is 9.95. The van der Waals surface area contributed by atoms with Crippen molar-refractivity contribution in [2.75, 3.05) is 23.3 Å². The van der Waals surface area contributed by atoms with Crippen LogP contribution >= 0.6 is 0 Å². The molecule has 182 valence electrons. The molecule has 2 aliphatic rings. The van der Waals surface area contributed by atoms with Crippen molar-refractivity contribution in [3.63, 3.8) is 0 Å². The van der Waals surface area contributed by atoms with Crippen LogP contribution < -0.4 is 14.9 Å². The summed E-state index contributed by atoms with van der Waals surface area (Å²) in [5, 5.41) is 12.9. The maximum absolute atomic E-state index is 13.6. The summed E-state index contributed by atoms with van der Waals surface area (Å²) in [5.41, 5.74) is -2.02. The molecule has 1 saturated carbocycles. The molecule has 32 heavy (non-hydrogen) atoms. The zero-order valence-electron chi connectivity index (χ0n) is 18.6. The van der Waals surface area contributed by atoms with Gasteiger partial charge in [0, 0.05) is 31.4 Å². The molecule has 0 unspecified atom stereocenters. The number of nitrogens with one attached hydrogen (secondary N) is 2. The van der Waals surface area contributed by atoms with E-state index in [1.165, 1.54) is 4.90 Å². The van der Waals surface area contributed by atoms with E-state index in [0.29, 0.717) is 45.1 Å². The highest BCUT2D eigenvalue weighted by molar-refractivity contribution is 7.90. The Kier molecular flexibility index (Phi) is 7.26. The maximum Gasteiger partial charge on any atom is 0.421 e. The van der Waals surface area contributed by atoms with Crippen LogP contribution in [0.2, 0.25) is 0 Å².